The van der Waals surface area contributed by atoms with E-state index in [2.05, 4.69) is 5.16 Å². The molecule has 0 fully saturated rings. The molecule has 0 aromatic heterocycles. The number of nitrogens with zero attached hydrogens (tertiary/aromatic N) is 1. The molecule has 1 aliphatic rings. The van der Waals surface area contributed by atoms with Crippen LogP contribution in [0.1, 0.15) is 5.56 Å². The lowest BCUT2D eigenvalue weighted by Crippen LogP contribution is -1.82. The molecule has 0 bridgehead atoms. The first-order valence-electron chi connectivity index (χ1n) is 3.43. The molecule has 1 aromatic carbocycles. The zero-order valence-corrected chi connectivity index (χ0v) is 8.35. The molecule has 2 nitrogen and oxygen atoms in total. The van der Waals surface area contributed by atoms with Crippen LogP contribution < -0.4 is 4.84 Å². The Morgan fingerprint density at radius 1 is 1.08 bits per heavy atom. The quantitative estimate of drug-likeness (QED) is 0.656. The number of halogens is 2. The Morgan fingerprint density at radius 2 is 1.85 bits per heavy atom. The van der Waals surface area contributed by atoms with E-state index < -0.39 is 0 Å². The van der Waals surface area contributed by atoms with Gasteiger partial charge in [0.2, 0.25) is 0 Å². The standard InChI is InChI=1S/C9H7NO.2ClH/c1-2-6-9-8(4-1)5-3-7-10-11-9;;/h1-7H;2*1H. The van der Waals surface area contributed by atoms with E-state index >= 15 is 0 Å². The van der Waals surface area contributed by atoms with Crippen molar-refractivity contribution in [3.63, 3.8) is 0 Å². The van der Waals surface area contributed by atoms with E-state index in [4.69, 9.17) is 4.84 Å². The molecule has 0 aliphatic carbocycles. The molecule has 0 saturated heterocycles. The van der Waals surface area contributed by atoms with Crippen LogP contribution in [0.25, 0.3) is 6.08 Å². The van der Waals surface area contributed by atoms with Crippen LogP contribution in [0, 0.1) is 0 Å². The maximum atomic E-state index is 5.06. The summed E-state index contributed by atoms with van der Waals surface area (Å²) >= 11 is 0. The largest absolute Gasteiger partial charge is 0.356 e. The number of hydrogen-bond acceptors (Lipinski definition) is 2. The van der Waals surface area contributed by atoms with E-state index in [1.807, 2.05) is 36.4 Å². The molecule has 0 amide bonds. The topological polar surface area (TPSA) is 21.6 Å². The highest BCUT2D eigenvalue weighted by atomic mass is 35.5. The van der Waals surface area contributed by atoms with Crippen LogP contribution in [0.2, 0.25) is 0 Å². The molecule has 13 heavy (non-hydrogen) atoms. The molecule has 4 heteroatoms. The lowest BCUT2D eigenvalue weighted by atomic mass is 10.2. The van der Waals surface area contributed by atoms with E-state index in [0.717, 1.165) is 11.3 Å². The highest BCUT2D eigenvalue weighted by molar-refractivity contribution is 5.85. The zero-order chi connectivity index (χ0) is 7.52. The molecule has 1 aromatic rings. The number of allylic oxidation sites excluding steroid dienone is 1. The Balaban J connectivity index is 0.000000720. The van der Waals surface area contributed by atoms with Gasteiger partial charge in [-0.2, -0.15) is 0 Å². The molecular weight excluding hydrogens is 209 g/mol. The lowest BCUT2D eigenvalue weighted by Gasteiger charge is -1.98. The van der Waals surface area contributed by atoms with E-state index in [-0.39, 0.29) is 24.8 Å². The average Bonchev–Trinajstić information content (AvgIpc) is 2.28. The van der Waals surface area contributed by atoms with Gasteiger partial charge in [0, 0.05) is 5.56 Å². The summed E-state index contributed by atoms with van der Waals surface area (Å²) in [6.07, 6.45) is 5.44. The summed E-state index contributed by atoms with van der Waals surface area (Å²) in [6, 6.07) is 7.77. The van der Waals surface area contributed by atoms with Crippen LogP contribution in [0.5, 0.6) is 5.75 Å². The minimum atomic E-state index is 0. The third-order valence-electron chi connectivity index (χ3n) is 1.49. The SMILES string of the molecule is C1=Cc2ccccc2ON=C1.Cl.Cl. The van der Waals surface area contributed by atoms with Gasteiger partial charge >= 0.3 is 0 Å². The second-order valence-corrected chi connectivity index (χ2v) is 2.24. The number of benzene rings is 1. The third-order valence-corrected chi connectivity index (χ3v) is 1.49. The van der Waals surface area contributed by atoms with Gasteiger partial charge in [-0.05, 0) is 18.2 Å². The van der Waals surface area contributed by atoms with E-state index in [0.29, 0.717) is 0 Å². The predicted octanol–water partition coefficient (Wildman–Crippen LogP) is 2.92. The predicted molar refractivity (Wildman–Crippen MR) is 59.1 cm³/mol. The summed E-state index contributed by atoms with van der Waals surface area (Å²) in [4.78, 5) is 5.06. The maximum absolute atomic E-state index is 5.06. The normalized spacial score (nSPS) is 11.4. The summed E-state index contributed by atoms with van der Waals surface area (Å²) in [5, 5.41) is 3.70. The minimum absolute atomic E-state index is 0. The molecule has 0 spiro atoms. The minimum Gasteiger partial charge on any atom is -0.356 e. The molecule has 0 radical (unpaired) electrons. The molecule has 0 N–H and O–H groups in total. The lowest BCUT2D eigenvalue weighted by molar-refractivity contribution is 0.344. The Morgan fingerprint density at radius 3 is 2.69 bits per heavy atom. The molecular formula is C9H9Cl2NO. The summed E-state index contributed by atoms with van der Waals surface area (Å²) in [6.45, 7) is 0. The smallest absolute Gasteiger partial charge is 0.165 e. The third kappa shape index (κ3) is 2.76. The highest BCUT2D eigenvalue weighted by Gasteiger charge is 1.99. The first-order valence-corrected chi connectivity index (χ1v) is 3.43. The van der Waals surface area contributed by atoms with Gasteiger partial charge in [0.05, 0.1) is 6.21 Å². The Hall–Kier alpha value is -0.990. The summed E-state index contributed by atoms with van der Waals surface area (Å²) < 4.78 is 0. The summed E-state index contributed by atoms with van der Waals surface area (Å²) in [5.41, 5.74) is 1.06. The van der Waals surface area contributed by atoms with Crippen LogP contribution in [0.4, 0.5) is 0 Å². The van der Waals surface area contributed by atoms with Gasteiger partial charge in [0.1, 0.15) is 0 Å². The number of para-hydroxylation sites is 1. The van der Waals surface area contributed by atoms with Crippen LogP contribution in [0.15, 0.2) is 35.5 Å². The van der Waals surface area contributed by atoms with Crippen molar-refractivity contribution in [1.29, 1.82) is 0 Å². The van der Waals surface area contributed by atoms with Crippen molar-refractivity contribution in [2.24, 2.45) is 5.16 Å². The van der Waals surface area contributed by atoms with Crippen LogP contribution in [-0.2, 0) is 0 Å². The Kier molecular flexibility index (Phi) is 5.19. The molecule has 0 unspecified atom stereocenters. The fourth-order valence-electron chi connectivity index (χ4n) is 0.970. The van der Waals surface area contributed by atoms with Crippen LogP contribution in [0.3, 0.4) is 0 Å². The highest BCUT2D eigenvalue weighted by Crippen LogP contribution is 2.20. The first-order chi connectivity index (χ1) is 5.47. The molecule has 1 heterocycles. The van der Waals surface area contributed by atoms with Crippen molar-refractivity contribution >= 4 is 37.1 Å². The zero-order valence-electron chi connectivity index (χ0n) is 6.71. The van der Waals surface area contributed by atoms with Crippen molar-refractivity contribution in [3.05, 3.63) is 35.9 Å². The fraction of sp³-hybridized carbons (Fsp3) is 0. The second-order valence-electron chi connectivity index (χ2n) is 2.24. The van der Waals surface area contributed by atoms with E-state index in [1.165, 1.54) is 0 Å². The molecule has 0 atom stereocenters. The fourth-order valence-corrected chi connectivity index (χ4v) is 0.970. The monoisotopic (exact) mass is 217 g/mol. The molecule has 2 rings (SSSR count). The Bertz CT molecular complexity index is 323. The number of oxime groups is 1. The maximum Gasteiger partial charge on any atom is 0.165 e. The summed E-state index contributed by atoms with van der Waals surface area (Å²) in [5.74, 6) is 0.803. The van der Waals surface area contributed by atoms with Crippen LogP contribution in [-0.4, -0.2) is 6.21 Å². The van der Waals surface area contributed by atoms with Gasteiger partial charge in [-0.3, -0.25) is 0 Å². The number of fused-ring (bicyclic) bond motifs is 1. The van der Waals surface area contributed by atoms with Crippen molar-refractivity contribution in [2.45, 2.75) is 0 Å². The number of rotatable bonds is 0. The van der Waals surface area contributed by atoms with Gasteiger partial charge < -0.3 is 4.84 Å². The van der Waals surface area contributed by atoms with Crippen LogP contribution >= 0.6 is 24.8 Å². The van der Waals surface area contributed by atoms with Crippen molar-refractivity contribution in [1.82, 2.24) is 0 Å². The van der Waals surface area contributed by atoms with E-state index in [1.54, 1.807) is 6.21 Å². The van der Waals surface area contributed by atoms with Crippen molar-refractivity contribution < 1.29 is 4.84 Å². The van der Waals surface area contributed by atoms with Crippen molar-refractivity contribution in [3.8, 4) is 5.75 Å². The Labute approximate surface area is 89.1 Å². The van der Waals surface area contributed by atoms with Gasteiger partial charge in [0.15, 0.2) is 5.75 Å². The average molecular weight is 218 g/mol. The molecule has 70 valence electrons. The molecule has 0 saturated carbocycles. The van der Waals surface area contributed by atoms with Gasteiger partial charge in [-0.1, -0.05) is 23.4 Å². The van der Waals surface area contributed by atoms with Gasteiger partial charge in [0.25, 0.3) is 0 Å². The van der Waals surface area contributed by atoms with E-state index in [9.17, 15) is 0 Å². The van der Waals surface area contributed by atoms with Crippen molar-refractivity contribution in [2.75, 3.05) is 0 Å². The summed E-state index contributed by atoms with van der Waals surface area (Å²) in [7, 11) is 0. The molecule has 1 aliphatic heterocycles. The van der Waals surface area contributed by atoms with Gasteiger partial charge in [-0.15, -0.1) is 24.8 Å². The number of hydrogen-bond donors (Lipinski definition) is 0. The van der Waals surface area contributed by atoms with Gasteiger partial charge in [-0.25, -0.2) is 0 Å². The first kappa shape index (κ1) is 12.0. The second kappa shape index (κ2) is 5.62.